The van der Waals surface area contributed by atoms with E-state index >= 15 is 0 Å². The number of methoxy groups -OCH3 is 1. The van der Waals surface area contributed by atoms with E-state index in [1.165, 1.54) is 19.2 Å². The number of ether oxygens (including phenoxy) is 2. The Morgan fingerprint density at radius 1 is 1.35 bits per heavy atom. The topological polar surface area (TPSA) is 97.7 Å². The van der Waals surface area contributed by atoms with Crippen LogP contribution in [0.4, 0.5) is 9.18 Å². The van der Waals surface area contributed by atoms with Gasteiger partial charge in [0, 0.05) is 32.2 Å². The monoisotopic (exact) mass is 473 g/mol. The number of nitrogens with zero attached hydrogens (tertiary/aromatic N) is 3. The molecule has 2 heterocycles. The van der Waals surface area contributed by atoms with Crippen LogP contribution in [0.25, 0.3) is 11.3 Å². The summed E-state index contributed by atoms with van der Waals surface area (Å²) < 4.78 is 25.7. The second-order valence-corrected chi connectivity index (χ2v) is 8.67. The normalized spacial score (nSPS) is 18.9. The molecule has 0 unspecified atom stereocenters. The summed E-state index contributed by atoms with van der Waals surface area (Å²) in [7, 11) is 1.32. The fourth-order valence-electron chi connectivity index (χ4n) is 4.23. The Balaban J connectivity index is 1.56. The standard InChI is InChI=1S/C24H32FN5O4/c1-16(30(19-8-9-19)23(31)22-15-26-11-13-34-22)20-14-21(17-4-6-18(25)7-5-17)29(28-20)12-3-10-27-24(32)33-2/h4-7,14,16,19,22,26H,3,8-13,15H2,1-2H3,(H,27,32)/t16-,22-/m1/s1. The van der Waals surface area contributed by atoms with Gasteiger partial charge < -0.3 is 25.0 Å². The largest absolute Gasteiger partial charge is 0.453 e. The fraction of sp³-hybridized carbons (Fsp3) is 0.542. The highest BCUT2D eigenvalue weighted by atomic mass is 19.1. The molecule has 1 aliphatic heterocycles. The van der Waals surface area contributed by atoms with Crippen molar-refractivity contribution in [2.24, 2.45) is 0 Å². The third kappa shape index (κ3) is 5.74. The van der Waals surface area contributed by atoms with E-state index in [4.69, 9.17) is 9.84 Å². The number of morpholine rings is 1. The Morgan fingerprint density at radius 3 is 2.76 bits per heavy atom. The van der Waals surface area contributed by atoms with Crippen molar-refractivity contribution in [3.05, 3.63) is 41.8 Å². The predicted octanol–water partition coefficient (Wildman–Crippen LogP) is 2.48. The Hall–Kier alpha value is -2.98. The van der Waals surface area contributed by atoms with Gasteiger partial charge in [0.2, 0.25) is 0 Å². The summed E-state index contributed by atoms with van der Waals surface area (Å²) in [6, 6.07) is 8.19. The van der Waals surface area contributed by atoms with Crippen LogP contribution in [0.15, 0.2) is 30.3 Å². The minimum absolute atomic E-state index is 0.0117. The van der Waals surface area contributed by atoms with Gasteiger partial charge in [0.1, 0.15) is 11.9 Å². The lowest BCUT2D eigenvalue weighted by Crippen LogP contribution is -2.50. The maximum absolute atomic E-state index is 13.5. The Kier molecular flexibility index (Phi) is 7.79. The van der Waals surface area contributed by atoms with E-state index in [1.54, 1.807) is 12.1 Å². The predicted molar refractivity (Wildman–Crippen MR) is 124 cm³/mol. The molecular formula is C24H32FN5O4. The number of aromatic nitrogens is 2. The van der Waals surface area contributed by atoms with E-state index in [9.17, 15) is 14.0 Å². The van der Waals surface area contributed by atoms with Crippen molar-refractivity contribution in [2.45, 2.75) is 50.9 Å². The molecule has 1 saturated heterocycles. The number of carbonyl (C=O) groups is 2. The molecule has 2 fully saturated rings. The van der Waals surface area contributed by atoms with Crippen molar-refractivity contribution in [2.75, 3.05) is 33.4 Å². The van der Waals surface area contributed by atoms with Gasteiger partial charge in [-0.05, 0) is 62.1 Å². The number of hydrogen-bond acceptors (Lipinski definition) is 6. The molecule has 2 N–H and O–H groups in total. The van der Waals surface area contributed by atoms with E-state index in [0.717, 1.165) is 36.3 Å². The SMILES string of the molecule is COC(=O)NCCCn1nc([C@@H](C)N(C(=O)[C@H]2CNCCO2)C2CC2)cc1-c1ccc(F)cc1. The maximum Gasteiger partial charge on any atom is 0.406 e. The summed E-state index contributed by atoms with van der Waals surface area (Å²) in [5.41, 5.74) is 2.43. The van der Waals surface area contributed by atoms with Crippen LogP contribution in [-0.4, -0.2) is 72.2 Å². The number of alkyl carbamates (subject to hydrolysis) is 1. The zero-order valence-corrected chi connectivity index (χ0v) is 19.6. The summed E-state index contributed by atoms with van der Waals surface area (Å²) in [5.74, 6) is -0.320. The van der Waals surface area contributed by atoms with Crippen molar-refractivity contribution in [1.29, 1.82) is 0 Å². The zero-order chi connectivity index (χ0) is 24.1. The molecule has 2 aliphatic rings. The van der Waals surface area contributed by atoms with E-state index in [2.05, 4.69) is 15.4 Å². The van der Waals surface area contributed by atoms with Gasteiger partial charge in [-0.2, -0.15) is 5.10 Å². The molecule has 34 heavy (non-hydrogen) atoms. The molecule has 1 saturated carbocycles. The molecule has 9 nitrogen and oxygen atoms in total. The van der Waals surface area contributed by atoms with E-state index < -0.39 is 12.2 Å². The Bertz CT molecular complexity index is 986. The van der Waals surface area contributed by atoms with Crippen molar-refractivity contribution in [3.63, 3.8) is 0 Å². The van der Waals surface area contributed by atoms with Gasteiger partial charge in [-0.1, -0.05) is 0 Å². The summed E-state index contributed by atoms with van der Waals surface area (Å²) in [4.78, 5) is 26.6. The van der Waals surface area contributed by atoms with Gasteiger partial charge in [-0.25, -0.2) is 9.18 Å². The number of halogens is 1. The van der Waals surface area contributed by atoms with Crippen LogP contribution >= 0.6 is 0 Å². The van der Waals surface area contributed by atoms with Gasteiger partial charge in [-0.3, -0.25) is 9.48 Å². The molecule has 2 aromatic rings. The van der Waals surface area contributed by atoms with Crippen molar-refractivity contribution in [3.8, 4) is 11.3 Å². The van der Waals surface area contributed by atoms with Crippen LogP contribution in [0.2, 0.25) is 0 Å². The third-order valence-electron chi connectivity index (χ3n) is 6.18. The second-order valence-electron chi connectivity index (χ2n) is 8.67. The summed E-state index contributed by atoms with van der Waals surface area (Å²) in [6.45, 7) is 4.74. The van der Waals surface area contributed by atoms with Gasteiger partial charge >= 0.3 is 6.09 Å². The lowest BCUT2D eigenvalue weighted by atomic mass is 10.1. The minimum atomic E-state index is -0.486. The smallest absolute Gasteiger partial charge is 0.406 e. The highest BCUT2D eigenvalue weighted by Gasteiger charge is 2.40. The molecule has 10 heteroatoms. The first kappa shape index (κ1) is 24.2. The highest BCUT2D eigenvalue weighted by molar-refractivity contribution is 5.82. The van der Waals surface area contributed by atoms with E-state index in [1.807, 2.05) is 22.6 Å². The van der Waals surface area contributed by atoms with Gasteiger partial charge in [0.15, 0.2) is 0 Å². The molecule has 2 atom stereocenters. The van der Waals surface area contributed by atoms with Crippen LogP contribution < -0.4 is 10.6 Å². The van der Waals surface area contributed by atoms with Gasteiger partial charge in [-0.15, -0.1) is 0 Å². The second kappa shape index (κ2) is 11.0. The van der Waals surface area contributed by atoms with Crippen molar-refractivity contribution >= 4 is 12.0 Å². The molecule has 0 spiro atoms. The average Bonchev–Trinajstić information content (AvgIpc) is 3.60. The fourth-order valence-corrected chi connectivity index (χ4v) is 4.23. The summed E-state index contributed by atoms with van der Waals surface area (Å²) in [5, 5.41) is 10.7. The van der Waals surface area contributed by atoms with Crippen LogP contribution in [-0.2, 0) is 20.8 Å². The highest BCUT2D eigenvalue weighted by Crippen LogP contribution is 2.36. The molecule has 0 radical (unpaired) electrons. The van der Waals surface area contributed by atoms with E-state index in [0.29, 0.717) is 32.7 Å². The van der Waals surface area contributed by atoms with E-state index in [-0.39, 0.29) is 23.8 Å². The quantitative estimate of drug-likeness (QED) is 0.543. The molecule has 1 aromatic heterocycles. The Labute approximate surface area is 198 Å². The van der Waals surface area contributed by atoms with Crippen LogP contribution in [0.1, 0.15) is 37.9 Å². The van der Waals surface area contributed by atoms with Gasteiger partial charge in [0.05, 0.1) is 31.1 Å². The van der Waals surface area contributed by atoms with Crippen molar-refractivity contribution < 1.29 is 23.5 Å². The number of carbonyl (C=O) groups excluding carboxylic acids is 2. The molecule has 1 aromatic carbocycles. The molecule has 0 bridgehead atoms. The van der Waals surface area contributed by atoms with Crippen LogP contribution in [0.5, 0.6) is 0 Å². The lowest BCUT2D eigenvalue weighted by molar-refractivity contribution is -0.148. The first-order valence-electron chi connectivity index (χ1n) is 11.8. The zero-order valence-electron chi connectivity index (χ0n) is 19.6. The average molecular weight is 474 g/mol. The molecule has 2 amide bonds. The third-order valence-corrected chi connectivity index (χ3v) is 6.18. The van der Waals surface area contributed by atoms with Crippen LogP contribution in [0.3, 0.4) is 0 Å². The number of nitrogens with one attached hydrogen (secondary N) is 2. The molecule has 1 aliphatic carbocycles. The number of benzene rings is 1. The van der Waals surface area contributed by atoms with Gasteiger partial charge in [0.25, 0.3) is 5.91 Å². The number of aryl methyl sites for hydroxylation is 1. The lowest BCUT2D eigenvalue weighted by Gasteiger charge is -2.33. The first-order chi connectivity index (χ1) is 16.5. The van der Waals surface area contributed by atoms with Crippen molar-refractivity contribution in [1.82, 2.24) is 25.3 Å². The first-order valence-corrected chi connectivity index (χ1v) is 11.8. The maximum atomic E-state index is 13.5. The summed E-state index contributed by atoms with van der Waals surface area (Å²) in [6.07, 6.45) is 1.61. The van der Waals surface area contributed by atoms with Crippen LogP contribution in [0, 0.1) is 5.82 Å². The number of amides is 2. The Morgan fingerprint density at radius 2 is 2.12 bits per heavy atom. The minimum Gasteiger partial charge on any atom is -0.453 e. The number of hydrogen-bond donors (Lipinski definition) is 2. The molecule has 4 rings (SSSR count). The molecule has 184 valence electrons. The summed E-state index contributed by atoms with van der Waals surface area (Å²) >= 11 is 0. The number of rotatable bonds is 9. The molecular weight excluding hydrogens is 441 g/mol.